The van der Waals surface area contributed by atoms with E-state index in [1.54, 1.807) is 12.1 Å². The van der Waals surface area contributed by atoms with Gasteiger partial charge < -0.3 is 19.5 Å². The van der Waals surface area contributed by atoms with Gasteiger partial charge in [-0.15, -0.1) is 0 Å². The van der Waals surface area contributed by atoms with E-state index in [2.05, 4.69) is 5.32 Å². The van der Waals surface area contributed by atoms with Crippen LogP contribution in [0.25, 0.3) is 0 Å². The Morgan fingerprint density at radius 3 is 2.30 bits per heavy atom. The minimum atomic E-state index is -0.643. The van der Waals surface area contributed by atoms with Gasteiger partial charge in [-0.3, -0.25) is 10.1 Å². The molecule has 8 nitrogen and oxygen atoms in total. The van der Waals surface area contributed by atoms with Crippen LogP contribution in [-0.2, 0) is 0 Å². The van der Waals surface area contributed by atoms with Crippen LogP contribution in [0.5, 0.6) is 23.0 Å². The summed E-state index contributed by atoms with van der Waals surface area (Å²) in [5, 5.41) is 12.9. The molecule has 0 saturated heterocycles. The van der Waals surface area contributed by atoms with E-state index in [-0.39, 0.29) is 11.4 Å². The van der Waals surface area contributed by atoms with Crippen molar-refractivity contribution in [3.8, 4) is 23.0 Å². The number of nitrogens with one attached hydrogen (secondary N) is 1. The zero-order valence-electron chi connectivity index (χ0n) is 12.4. The Labute approximate surface area is 131 Å². The van der Waals surface area contributed by atoms with E-state index < -0.39 is 11.0 Å². The molecule has 0 atom stereocenters. The van der Waals surface area contributed by atoms with Gasteiger partial charge in [0.2, 0.25) is 0 Å². The minimum Gasteiger partial charge on any atom is -0.493 e. The number of nitro groups is 1. The zero-order chi connectivity index (χ0) is 16.8. The molecule has 2 aromatic rings. The molecule has 0 radical (unpaired) electrons. The predicted molar refractivity (Wildman–Crippen MR) is 81.2 cm³/mol. The number of methoxy groups -OCH3 is 1. The summed E-state index contributed by atoms with van der Waals surface area (Å²) in [6, 6.07) is 10.3. The minimum absolute atomic E-state index is 0.0317. The molecule has 23 heavy (non-hydrogen) atoms. The molecule has 120 valence electrons. The van der Waals surface area contributed by atoms with E-state index in [9.17, 15) is 14.9 Å². The maximum absolute atomic E-state index is 11.3. The fourth-order valence-corrected chi connectivity index (χ4v) is 1.72. The number of ether oxygens (including phenoxy) is 3. The van der Waals surface area contributed by atoms with Crippen molar-refractivity contribution in [2.24, 2.45) is 0 Å². The molecular weight excluding hydrogens is 304 g/mol. The van der Waals surface area contributed by atoms with Crippen LogP contribution in [0.3, 0.4) is 0 Å². The number of hydrogen-bond donors (Lipinski definition) is 1. The molecule has 0 spiro atoms. The van der Waals surface area contributed by atoms with Crippen LogP contribution in [0.2, 0.25) is 0 Å². The first kappa shape index (κ1) is 16.1. The van der Waals surface area contributed by atoms with Crippen LogP contribution < -0.4 is 19.5 Å². The highest BCUT2D eigenvalue weighted by Crippen LogP contribution is 2.33. The SMILES string of the molecule is CNC(=O)Oc1cc(Oc2ccc([N+](=O)[O-])cc2)ccc1OC. The Morgan fingerprint density at radius 1 is 1.09 bits per heavy atom. The van der Waals surface area contributed by atoms with Gasteiger partial charge in [0.05, 0.1) is 12.0 Å². The van der Waals surface area contributed by atoms with E-state index in [0.29, 0.717) is 17.2 Å². The molecule has 0 fully saturated rings. The second-order valence-electron chi connectivity index (χ2n) is 4.31. The van der Waals surface area contributed by atoms with Crippen molar-refractivity contribution in [2.75, 3.05) is 14.2 Å². The number of hydrogen-bond acceptors (Lipinski definition) is 6. The number of carbonyl (C=O) groups is 1. The molecule has 2 aromatic carbocycles. The van der Waals surface area contributed by atoms with Gasteiger partial charge in [-0.05, 0) is 24.3 Å². The van der Waals surface area contributed by atoms with Crippen LogP contribution in [0.1, 0.15) is 0 Å². The molecule has 0 aliphatic carbocycles. The van der Waals surface area contributed by atoms with Crippen molar-refractivity contribution in [1.29, 1.82) is 0 Å². The fraction of sp³-hybridized carbons (Fsp3) is 0.133. The number of nitrogens with zero attached hydrogens (tertiary/aromatic N) is 1. The molecule has 1 amide bonds. The summed E-state index contributed by atoms with van der Waals surface area (Å²) in [5.74, 6) is 1.35. The molecule has 2 rings (SSSR count). The van der Waals surface area contributed by atoms with Gasteiger partial charge in [0.25, 0.3) is 5.69 Å². The van der Waals surface area contributed by atoms with Crippen molar-refractivity contribution in [1.82, 2.24) is 5.32 Å². The maximum atomic E-state index is 11.3. The van der Waals surface area contributed by atoms with Crippen molar-refractivity contribution in [2.45, 2.75) is 0 Å². The van der Waals surface area contributed by atoms with Gasteiger partial charge in [-0.25, -0.2) is 4.79 Å². The first-order valence-electron chi connectivity index (χ1n) is 6.53. The van der Waals surface area contributed by atoms with Crippen LogP contribution in [0, 0.1) is 10.1 Å². The quantitative estimate of drug-likeness (QED) is 0.671. The second-order valence-corrected chi connectivity index (χ2v) is 4.31. The molecular formula is C15H14N2O6. The Bertz CT molecular complexity index is 714. The third kappa shape index (κ3) is 4.10. The van der Waals surface area contributed by atoms with E-state index in [1.807, 2.05) is 0 Å². The third-order valence-corrected chi connectivity index (χ3v) is 2.83. The van der Waals surface area contributed by atoms with E-state index in [0.717, 1.165) is 0 Å². The average Bonchev–Trinajstić information content (AvgIpc) is 2.55. The molecule has 0 saturated carbocycles. The summed E-state index contributed by atoms with van der Waals surface area (Å²) < 4.78 is 15.8. The summed E-state index contributed by atoms with van der Waals surface area (Å²) in [6.07, 6.45) is -0.643. The third-order valence-electron chi connectivity index (χ3n) is 2.83. The number of rotatable bonds is 5. The molecule has 0 unspecified atom stereocenters. The lowest BCUT2D eigenvalue weighted by molar-refractivity contribution is -0.384. The first-order valence-corrected chi connectivity index (χ1v) is 6.53. The Morgan fingerprint density at radius 2 is 1.74 bits per heavy atom. The predicted octanol–water partition coefficient (Wildman–Crippen LogP) is 3.11. The van der Waals surface area contributed by atoms with Crippen LogP contribution >= 0.6 is 0 Å². The lowest BCUT2D eigenvalue weighted by Crippen LogP contribution is -2.22. The Hall–Kier alpha value is -3.29. The number of carbonyl (C=O) groups excluding carboxylic acids is 1. The van der Waals surface area contributed by atoms with E-state index in [1.165, 1.54) is 44.5 Å². The topological polar surface area (TPSA) is 99.9 Å². The lowest BCUT2D eigenvalue weighted by atomic mass is 10.3. The van der Waals surface area contributed by atoms with Crippen molar-refractivity contribution < 1.29 is 23.9 Å². The van der Waals surface area contributed by atoms with Crippen LogP contribution in [0.15, 0.2) is 42.5 Å². The molecule has 0 aliphatic heterocycles. The molecule has 1 N–H and O–H groups in total. The van der Waals surface area contributed by atoms with Gasteiger partial charge >= 0.3 is 6.09 Å². The fourth-order valence-electron chi connectivity index (χ4n) is 1.72. The second kappa shape index (κ2) is 7.12. The maximum Gasteiger partial charge on any atom is 0.412 e. The Kier molecular flexibility index (Phi) is 4.98. The summed E-state index contributed by atoms with van der Waals surface area (Å²) in [5.41, 5.74) is -0.0317. The van der Waals surface area contributed by atoms with Crippen molar-refractivity contribution >= 4 is 11.8 Å². The van der Waals surface area contributed by atoms with Crippen LogP contribution in [0.4, 0.5) is 10.5 Å². The normalized spacial score (nSPS) is 9.83. The molecule has 0 heterocycles. The molecule has 0 aromatic heterocycles. The summed E-state index contributed by atoms with van der Waals surface area (Å²) in [7, 11) is 2.88. The highest BCUT2D eigenvalue weighted by Gasteiger charge is 2.11. The zero-order valence-corrected chi connectivity index (χ0v) is 12.4. The lowest BCUT2D eigenvalue weighted by Gasteiger charge is -2.11. The monoisotopic (exact) mass is 318 g/mol. The number of benzene rings is 2. The number of non-ortho nitro benzene ring substituents is 1. The number of nitro benzene ring substituents is 1. The first-order chi connectivity index (χ1) is 11.0. The smallest absolute Gasteiger partial charge is 0.412 e. The van der Waals surface area contributed by atoms with Crippen LogP contribution in [-0.4, -0.2) is 25.2 Å². The highest BCUT2D eigenvalue weighted by atomic mass is 16.6. The largest absolute Gasteiger partial charge is 0.493 e. The average molecular weight is 318 g/mol. The number of amides is 1. The summed E-state index contributed by atoms with van der Waals surface area (Å²) in [6.45, 7) is 0. The standard InChI is InChI=1S/C15H14N2O6/c1-16-15(18)23-14-9-12(7-8-13(14)21-2)22-11-5-3-10(4-6-11)17(19)20/h3-9H,1-2H3,(H,16,18). The van der Waals surface area contributed by atoms with Gasteiger partial charge in [0.1, 0.15) is 11.5 Å². The molecule has 0 bridgehead atoms. The van der Waals surface area contributed by atoms with Crippen molar-refractivity contribution in [3.05, 3.63) is 52.6 Å². The highest BCUT2D eigenvalue weighted by molar-refractivity contribution is 5.71. The van der Waals surface area contributed by atoms with Gasteiger partial charge in [0, 0.05) is 25.2 Å². The van der Waals surface area contributed by atoms with Crippen molar-refractivity contribution in [3.63, 3.8) is 0 Å². The van der Waals surface area contributed by atoms with Gasteiger partial charge in [-0.2, -0.15) is 0 Å². The molecule has 0 aliphatic rings. The molecule has 8 heteroatoms. The summed E-state index contributed by atoms with van der Waals surface area (Å²) in [4.78, 5) is 21.4. The van der Waals surface area contributed by atoms with Gasteiger partial charge in [-0.1, -0.05) is 0 Å². The van der Waals surface area contributed by atoms with E-state index in [4.69, 9.17) is 14.2 Å². The van der Waals surface area contributed by atoms with Gasteiger partial charge in [0.15, 0.2) is 11.5 Å². The Balaban J connectivity index is 2.20. The van der Waals surface area contributed by atoms with E-state index >= 15 is 0 Å². The summed E-state index contributed by atoms with van der Waals surface area (Å²) >= 11 is 0.